The number of amides is 1. The minimum absolute atomic E-state index is 0. The molecule has 0 aromatic heterocycles. The van der Waals surface area contributed by atoms with E-state index in [9.17, 15) is 4.79 Å². The molecule has 80 valence electrons. The van der Waals surface area contributed by atoms with Gasteiger partial charge in [-0.3, -0.25) is 9.69 Å². The third-order valence-electron chi connectivity index (χ3n) is 3.40. The van der Waals surface area contributed by atoms with Gasteiger partial charge >= 0.3 is 32.7 Å². The maximum Gasteiger partial charge on any atom is 3.00 e. The zero-order chi connectivity index (χ0) is 9.97. The fraction of sp³-hybridized carbons (Fsp3) is 0.818. The van der Waals surface area contributed by atoms with E-state index < -0.39 is 0 Å². The molecule has 2 rings (SSSR count). The quantitative estimate of drug-likeness (QED) is 0.668. The van der Waals surface area contributed by atoms with Gasteiger partial charge in [0.15, 0.2) is 5.91 Å². The van der Waals surface area contributed by atoms with Crippen molar-refractivity contribution in [3.8, 4) is 0 Å². The number of fused-ring (bicyclic) bond motifs is 1. The molecular formula is C11H19N2OY+2. The van der Waals surface area contributed by atoms with E-state index in [1.807, 2.05) is 4.90 Å². The van der Waals surface area contributed by atoms with E-state index in [-0.39, 0.29) is 38.6 Å². The van der Waals surface area contributed by atoms with Crippen LogP contribution in [0.2, 0.25) is 0 Å². The summed E-state index contributed by atoms with van der Waals surface area (Å²) in [7, 11) is 0. The molecule has 2 aliphatic rings. The number of carbonyl (C=O) groups is 1. The molecule has 15 heavy (non-hydrogen) atoms. The Morgan fingerprint density at radius 2 is 2.07 bits per heavy atom. The standard InChI is InChI=1S/C11H19N2O.Y/c1-2-11(14)13-8-7-12-6-4-3-5-10(12)9-13;/h10H,1-9H2;/q-1;+3. The Balaban J connectivity index is 0.00000112. The molecule has 2 aliphatic heterocycles. The van der Waals surface area contributed by atoms with Crippen molar-refractivity contribution in [3.63, 3.8) is 0 Å². The van der Waals surface area contributed by atoms with Gasteiger partial charge in [-0.15, -0.1) is 6.42 Å². The van der Waals surface area contributed by atoms with Crippen LogP contribution in [-0.4, -0.2) is 47.9 Å². The summed E-state index contributed by atoms with van der Waals surface area (Å²) in [6, 6.07) is 0.632. The fourth-order valence-corrected chi connectivity index (χ4v) is 2.54. The van der Waals surface area contributed by atoms with Gasteiger partial charge in [-0.1, -0.05) is 6.42 Å². The molecule has 4 heteroatoms. The maximum atomic E-state index is 11.5. The number of hydrogen-bond acceptors (Lipinski definition) is 2. The SMILES string of the molecule is [CH2-]CC(=O)N1CCN2CCCCC2C1.[Y+3]. The van der Waals surface area contributed by atoms with Crippen molar-refractivity contribution < 1.29 is 37.5 Å². The van der Waals surface area contributed by atoms with Gasteiger partial charge in [0.05, 0.1) is 0 Å². The zero-order valence-corrected chi connectivity index (χ0v) is 12.2. The van der Waals surface area contributed by atoms with Crippen molar-refractivity contribution in [3.05, 3.63) is 6.92 Å². The molecule has 3 nitrogen and oxygen atoms in total. The van der Waals surface area contributed by atoms with E-state index in [0.717, 1.165) is 19.6 Å². The third kappa shape index (κ3) is 3.24. The fourth-order valence-electron chi connectivity index (χ4n) is 2.54. The Hall–Kier alpha value is 0.534. The molecule has 1 amide bonds. The first-order chi connectivity index (χ1) is 6.81. The van der Waals surface area contributed by atoms with Crippen molar-refractivity contribution in [1.82, 2.24) is 9.80 Å². The number of piperazine rings is 1. The number of nitrogens with zero attached hydrogens (tertiary/aromatic N) is 2. The summed E-state index contributed by atoms with van der Waals surface area (Å²) >= 11 is 0. The molecule has 0 aromatic carbocycles. The van der Waals surface area contributed by atoms with E-state index in [0.29, 0.717) is 12.5 Å². The van der Waals surface area contributed by atoms with Gasteiger partial charge < -0.3 is 11.8 Å². The Labute approximate surface area is 117 Å². The number of carbonyl (C=O) groups excluding carboxylic acids is 1. The summed E-state index contributed by atoms with van der Waals surface area (Å²) in [5.41, 5.74) is 0. The molecule has 0 spiro atoms. The summed E-state index contributed by atoms with van der Waals surface area (Å²) in [6.45, 7) is 7.81. The summed E-state index contributed by atoms with van der Waals surface area (Å²) in [5.74, 6) is 0.218. The second-order valence-electron chi connectivity index (χ2n) is 4.28. The first-order valence-corrected chi connectivity index (χ1v) is 5.62. The Morgan fingerprint density at radius 3 is 2.80 bits per heavy atom. The molecule has 0 aliphatic carbocycles. The van der Waals surface area contributed by atoms with Gasteiger partial charge in [0.25, 0.3) is 0 Å². The van der Waals surface area contributed by atoms with Crippen molar-refractivity contribution in [1.29, 1.82) is 0 Å². The third-order valence-corrected chi connectivity index (χ3v) is 3.40. The van der Waals surface area contributed by atoms with Crippen LogP contribution in [0.25, 0.3) is 0 Å². The van der Waals surface area contributed by atoms with Crippen LogP contribution < -0.4 is 0 Å². The van der Waals surface area contributed by atoms with Crippen LogP contribution in [0.1, 0.15) is 25.7 Å². The molecule has 2 fully saturated rings. The van der Waals surface area contributed by atoms with Crippen molar-refractivity contribution in [2.45, 2.75) is 31.7 Å². The molecule has 2 heterocycles. The molecular weight excluding hydrogens is 265 g/mol. The van der Waals surface area contributed by atoms with Gasteiger partial charge in [0.2, 0.25) is 0 Å². The summed E-state index contributed by atoms with van der Waals surface area (Å²) in [4.78, 5) is 16.0. The minimum atomic E-state index is 0. The molecule has 0 bridgehead atoms. The van der Waals surface area contributed by atoms with Crippen molar-refractivity contribution >= 4 is 5.91 Å². The monoisotopic (exact) mass is 284 g/mol. The summed E-state index contributed by atoms with van der Waals surface area (Å²) in [6.07, 6.45) is 4.33. The van der Waals surface area contributed by atoms with Crippen LogP contribution in [0.5, 0.6) is 0 Å². The van der Waals surface area contributed by atoms with Crippen LogP contribution in [0.4, 0.5) is 0 Å². The molecule has 0 saturated carbocycles. The van der Waals surface area contributed by atoms with Gasteiger partial charge in [-0.2, -0.15) is 0 Å². The van der Waals surface area contributed by atoms with Gasteiger partial charge in [-0.25, -0.2) is 0 Å². The smallest absolute Gasteiger partial charge is 0.342 e. The largest absolute Gasteiger partial charge is 3.00 e. The van der Waals surface area contributed by atoms with Crippen molar-refractivity contribution in [2.75, 3.05) is 26.2 Å². The number of rotatable bonds is 1. The molecule has 0 aromatic rings. The van der Waals surface area contributed by atoms with Crippen LogP contribution in [0.15, 0.2) is 0 Å². The topological polar surface area (TPSA) is 23.6 Å². The molecule has 1 atom stereocenters. The second kappa shape index (κ2) is 6.31. The van der Waals surface area contributed by atoms with Crippen molar-refractivity contribution in [2.24, 2.45) is 0 Å². The van der Waals surface area contributed by atoms with E-state index in [1.54, 1.807) is 0 Å². The van der Waals surface area contributed by atoms with E-state index >= 15 is 0 Å². The van der Waals surface area contributed by atoms with E-state index in [1.165, 1.54) is 25.8 Å². The summed E-state index contributed by atoms with van der Waals surface area (Å²) < 4.78 is 0. The summed E-state index contributed by atoms with van der Waals surface area (Å²) in [5, 5.41) is 0. The first kappa shape index (κ1) is 13.6. The molecule has 0 N–H and O–H groups in total. The number of piperidine rings is 1. The predicted octanol–water partition coefficient (Wildman–Crippen LogP) is 0.905. The molecule has 1 unspecified atom stereocenters. The average Bonchev–Trinajstić information content (AvgIpc) is 2.27. The maximum absolute atomic E-state index is 11.5. The minimum Gasteiger partial charge on any atom is -0.342 e. The second-order valence-corrected chi connectivity index (χ2v) is 4.28. The van der Waals surface area contributed by atoms with Crippen LogP contribution >= 0.6 is 0 Å². The van der Waals surface area contributed by atoms with E-state index in [2.05, 4.69) is 11.8 Å². The zero-order valence-electron chi connectivity index (χ0n) is 9.32. The molecule has 2 saturated heterocycles. The van der Waals surface area contributed by atoms with Crippen LogP contribution in [-0.2, 0) is 37.5 Å². The van der Waals surface area contributed by atoms with E-state index in [4.69, 9.17) is 0 Å². The van der Waals surface area contributed by atoms with Gasteiger partial charge in [0.1, 0.15) is 0 Å². The Morgan fingerprint density at radius 1 is 1.27 bits per heavy atom. The predicted molar refractivity (Wildman–Crippen MR) is 55.8 cm³/mol. The van der Waals surface area contributed by atoms with Gasteiger partial charge in [-0.05, 0) is 19.4 Å². The first-order valence-electron chi connectivity index (χ1n) is 5.62. The normalized spacial score (nSPS) is 26.7. The Kier molecular flexibility index (Phi) is 5.72. The average molecular weight is 284 g/mol. The van der Waals surface area contributed by atoms with Gasteiger partial charge in [0, 0.05) is 25.7 Å². The molecule has 0 radical (unpaired) electrons. The number of hydrogen-bond donors (Lipinski definition) is 0. The van der Waals surface area contributed by atoms with Crippen LogP contribution in [0.3, 0.4) is 0 Å². The van der Waals surface area contributed by atoms with Crippen LogP contribution in [0, 0.1) is 6.92 Å². The Bertz CT molecular complexity index is 223.